The van der Waals surface area contributed by atoms with Crippen LogP contribution < -0.4 is 5.32 Å². The summed E-state index contributed by atoms with van der Waals surface area (Å²) in [5, 5.41) is 11.7. The quantitative estimate of drug-likeness (QED) is 0.597. The summed E-state index contributed by atoms with van der Waals surface area (Å²) < 4.78 is 21.2. The van der Waals surface area contributed by atoms with E-state index in [9.17, 15) is 9.18 Å². The predicted molar refractivity (Wildman–Crippen MR) is 105 cm³/mol. The average molecular weight is 400 g/mol. The molecule has 1 amide bonds. The van der Waals surface area contributed by atoms with Crippen LogP contribution in [0.2, 0.25) is 0 Å². The minimum absolute atomic E-state index is 0.214. The van der Waals surface area contributed by atoms with Gasteiger partial charge in [0, 0.05) is 11.6 Å². The highest BCUT2D eigenvalue weighted by Gasteiger charge is 2.31. The Bertz CT molecular complexity index is 982. The van der Waals surface area contributed by atoms with Gasteiger partial charge in [0.15, 0.2) is 5.16 Å². The van der Waals surface area contributed by atoms with E-state index in [1.54, 1.807) is 32.2 Å². The van der Waals surface area contributed by atoms with Crippen molar-refractivity contribution in [2.45, 2.75) is 49.6 Å². The molecule has 1 aliphatic carbocycles. The molecule has 2 aromatic heterocycles. The van der Waals surface area contributed by atoms with E-state index >= 15 is 0 Å². The van der Waals surface area contributed by atoms with Crippen molar-refractivity contribution in [3.8, 4) is 0 Å². The number of benzene rings is 1. The van der Waals surface area contributed by atoms with Gasteiger partial charge in [-0.15, -0.1) is 10.2 Å². The highest BCUT2D eigenvalue weighted by Crippen LogP contribution is 2.40. The standard InChI is InChI=1S/C20H21FN4O2S/c1-12-5-8-15(10-17(12)21)22-19(26)13(2)28-20-24-23-18(14-6-7-14)25(20)11-16-4-3-9-27-16/h3-5,8-10,13-14H,6-7,11H2,1-2H3,(H,22,26). The van der Waals surface area contributed by atoms with Crippen LogP contribution in [0, 0.1) is 12.7 Å². The van der Waals surface area contributed by atoms with Crippen LogP contribution in [-0.4, -0.2) is 25.9 Å². The second kappa shape index (κ2) is 7.79. The summed E-state index contributed by atoms with van der Waals surface area (Å²) in [7, 11) is 0. The molecule has 1 fully saturated rings. The van der Waals surface area contributed by atoms with Crippen LogP contribution in [0.4, 0.5) is 10.1 Å². The maximum absolute atomic E-state index is 13.7. The fourth-order valence-corrected chi connectivity index (χ4v) is 3.72. The van der Waals surface area contributed by atoms with E-state index in [1.807, 2.05) is 16.7 Å². The molecule has 8 heteroatoms. The number of carbonyl (C=O) groups excluding carboxylic acids is 1. The van der Waals surface area contributed by atoms with E-state index in [0.29, 0.717) is 28.9 Å². The third-order valence-electron chi connectivity index (χ3n) is 4.67. The number of amides is 1. The van der Waals surface area contributed by atoms with Crippen molar-refractivity contribution in [1.29, 1.82) is 0 Å². The summed E-state index contributed by atoms with van der Waals surface area (Å²) in [5.41, 5.74) is 0.982. The molecular formula is C20H21FN4O2S. The first-order chi connectivity index (χ1) is 13.5. The lowest BCUT2D eigenvalue weighted by atomic mass is 10.2. The zero-order valence-electron chi connectivity index (χ0n) is 15.7. The number of anilines is 1. The molecule has 0 spiro atoms. The van der Waals surface area contributed by atoms with Crippen LogP contribution >= 0.6 is 11.8 Å². The number of furan rings is 1. The number of hydrogen-bond acceptors (Lipinski definition) is 5. The van der Waals surface area contributed by atoms with Gasteiger partial charge < -0.3 is 9.73 Å². The van der Waals surface area contributed by atoms with E-state index < -0.39 is 5.25 Å². The van der Waals surface area contributed by atoms with Crippen molar-refractivity contribution in [1.82, 2.24) is 14.8 Å². The van der Waals surface area contributed by atoms with E-state index in [2.05, 4.69) is 15.5 Å². The van der Waals surface area contributed by atoms with Crippen molar-refractivity contribution in [3.63, 3.8) is 0 Å². The molecule has 28 heavy (non-hydrogen) atoms. The van der Waals surface area contributed by atoms with Gasteiger partial charge in [0.2, 0.25) is 5.91 Å². The molecule has 146 valence electrons. The smallest absolute Gasteiger partial charge is 0.237 e. The number of halogens is 1. The molecule has 0 saturated heterocycles. The maximum Gasteiger partial charge on any atom is 0.237 e. The van der Waals surface area contributed by atoms with Gasteiger partial charge in [0.25, 0.3) is 0 Å². The first kappa shape index (κ1) is 18.7. The number of thioether (sulfide) groups is 1. The van der Waals surface area contributed by atoms with Crippen molar-refractivity contribution in [2.75, 3.05) is 5.32 Å². The van der Waals surface area contributed by atoms with Gasteiger partial charge in [-0.25, -0.2) is 4.39 Å². The molecule has 0 aliphatic heterocycles. The second-order valence-electron chi connectivity index (χ2n) is 6.99. The lowest BCUT2D eigenvalue weighted by molar-refractivity contribution is -0.115. The summed E-state index contributed by atoms with van der Waals surface area (Å²) in [6.45, 7) is 4.02. The summed E-state index contributed by atoms with van der Waals surface area (Å²) in [5.74, 6) is 1.62. The van der Waals surface area contributed by atoms with Gasteiger partial charge >= 0.3 is 0 Å². The van der Waals surface area contributed by atoms with E-state index in [0.717, 1.165) is 24.4 Å². The van der Waals surface area contributed by atoms with Gasteiger partial charge in [-0.1, -0.05) is 17.8 Å². The van der Waals surface area contributed by atoms with Gasteiger partial charge in [0.1, 0.15) is 17.4 Å². The van der Waals surface area contributed by atoms with Crippen LogP contribution in [-0.2, 0) is 11.3 Å². The Morgan fingerprint density at radius 3 is 2.89 bits per heavy atom. The largest absolute Gasteiger partial charge is 0.467 e. The van der Waals surface area contributed by atoms with Gasteiger partial charge in [-0.2, -0.15) is 0 Å². The predicted octanol–water partition coefficient (Wildman–Crippen LogP) is 4.36. The Kier molecular flexibility index (Phi) is 5.21. The molecule has 0 bridgehead atoms. The number of rotatable bonds is 7. The highest BCUT2D eigenvalue weighted by atomic mass is 32.2. The number of nitrogens with zero attached hydrogens (tertiary/aromatic N) is 3. The van der Waals surface area contributed by atoms with Crippen LogP contribution in [0.5, 0.6) is 0 Å². The summed E-state index contributed by atoms with van der Waals surface area (Å²) in [4.78, 5) is 12.6. The van der Waals surface area contributed by atoms with Gasteiger partial charge in [-0.3, -0.25) is 9.36 Å². The molecule has 3 aromatic rings. The molecule has 1 N–H and O–H groups in total. The molecule has 1 unspecified atom stereocenters. The Balaban J connectivity index is 1.48. The van der Waals surface area contributed by atoms with E-state index in [1.165, 1.54) is 17.8 Å². The molecule has 0 radical (unpaired) electrons. The maximum atomic E-state index is 13.7. The third-order valence-corrected chi connectivity index (χ3v) is 5.75. The molecule has 6 nitrogen and oxygen atoms in total. The SMILES string of the molecule is Cc1ccc(NC(=O)C(C)Sc2nnc(C3CC3)n2Cc2ccco2)cc1F. The molecule has 1 saturated carbocycles. The van der Waals surface area contributed by atoms with Crippen molar-refractivity contribution >= 4 is 23.4 Å². The van der Waals surface area contributed by atoms with Crippen LogP contribution in [0.25, 0.3) is 0 Å². The summed E-state index contributed by atoms with van der Waals surface area (Å²) in [6, 6.07) is 8.42. The van der Waals surface area contributed by atoms with Crippen molar-refractivity contribution < 1.29 is 13.6 Å². The molecule has 4 rings (SSSR count). The third kappa shape index (κ3) is 4.11. The number of hydrogen-bond donors (Lipinski definition) is 1. The Labute approximate surface area is 166 Å². The minimum Gasteiger partial charge on any atom is -0.467 e. The zero-order chi connectivity index (χ0) is 19.7. The van der Waals surface area contributed by atoms with Crippen LogP contribution in [0.15, 0.2) is 46.2 Å². The van der Waals surface area contributed by atoms with Gasteiger partial charge in [0.05, 0.1) is 18.1 Å². The number of carbonyl (C=O) groups is 1. The van der Waals surface area contributed by atoms with E-state index in [-0.39, 0.29) is 11.7 Å². The molecule has 1 aliphatic rings. The Morgan fingerprint density at radius 2 is 2.21 bits per heavy atom. The summed E-state index contributed by atoms with van der Waals surface area (Å²) >= 11 is 1.33. The first-order valence-corrected chi connectivity index (χ1v) is 10.1. The average Bonchev–Trinajstić information content (AvgIpc) is 3.24. The highest BCUT2D eigenvalue weighted by molar-refractivity contribution is 8.00. The normalized spacial score (nSPS) is 14.8. The molecule has 1 aromatic carbocycles. The zero-order valence-corrected chi connectivity index (χ0v) is 16.5. The molecule has 2 heterocycles. The Morgan fingerprint density at radius 1 is 1.39 bits per heavy atom. The van der Waals surface area contributed by atoms with Crippen LogP contribution in [0.1, 0.15) is 42.8 Å². The Hall–Kier alpha value is -2.61. The number of nitrogens with one attached hydrogen (secondary N) is 1. The number of aryl methyl sites for hydroxylation is 1. The molecular weight excluding hydrogens is 379 g/mol. The second-order valence-corrected chi connectivity index (χ2v) is 8.30. The van der Waals surface area contributed by atoms with Gasteiger partial charge in [-0.05, 0) is 56.5 Å². The monoisotopic (exact) mass is 400 g/mol. The minimum atomic E-state index is -0.420. The van der Waals surface area contributed by atoms with Crippen LogP contribution in [0.3, 0.4) is 0 Å². The fraction of sp³-hybridized carbons (Fsp3) is 0.350. The lowest BCUT2D eigenvalue weighted by Crippen LogP contribution is -2.23. The van der Waals surface area contributed by atoms with E-state index in [4.69, 9.17) is 4.42 Å². The summed E-state index contributed by atoms with van der Waals surface area (Å²) in [6.07, 6.45) is 3.85. The number of aromatic nitrogens is 3. The first-order valence-electron chi connectivity index (χ1n) is 9.20. The van der Waals surface area contributed by atoms with Crippen molar-refractivity contribution in [2.24, 2.45) is 0 Å². The van der Waals surface area contributed by atoms with Crippen molar-refractivity contribution in [3.05, 3.63) is 59.6 Å². The fourth-order valence-electron chi connectivity index (χ4n) is 2.86. The molecule has 1 atom stereocenters. The lowest BCUT2D eigenvalue weighted by Gasteiger charge is -2.13. The topological polar surface area (TPSA) is 73.0 Å².